The molecular weight excluding hydrogens is 294 g/mol. The van der Waals surface area contributed by atoms with Crippen molar-refractivity contribution in [1.29, 1.82) is 0 Å². The normalized spacial score (nSPS) is 18.0. The van der Waals surface area contributed by atoms with Crippen LogP contribution in [-0.4, -0.2) is 63.8 Å². The molecule has 23 heavy (non-hydrogen) atoms. The predicted octanol–water partition coefficient (Wildman–Crippen LogP) is 2.04. The molecule has 0 radical (unpaired) electrons. The van der Waals surface area contributed by atoms with E-state index >= 15 is 0 Å². The average molecular weight is 327 g/mol. The summed E-state index contributed by atoms with van der Waals surface area (Å²) in [4.78, 5) is 17.9. The Morgan fingerprint density at radius 3 is 2.78 bits per heavy atom. The molecule has 0 saturated carbocycles. The predicted molar refractivity (Wildman–Crippen MR) is 92.6 cm³/mol. The minimum atomic E-state index is -0.116. The van der Waals surface area contributed by atoms with Gasteiger partial charge in [0.25, 0.3) is 0 Å². The molecule has 0 aromatic rings. The molecule has 1 unspecified atom stereocenters. The maximum Gasteiger partial charge on any atom is 0.305 e. The van der Waals surface area contributed by atoms with Crippen LogP contribution in [0.1, 0.15) is 45.4 Å². The summed E-state index contributed by atoms with van der Waals surface area (Å²) < 4.78 is 10.1. The van der Waals surface area contributed by atoms with Gasteiger partial charge in [0.05, 0.1) is 13.7 Å². The molecule has 1 atom stereocenters. The highest BCUT2D eigenvalue weighted by Crippen LogP contribution is 2.13. The maximum atomic E-state index is 11.0. The molecule has 0 aliphatic carbocycles. The summed E-state index contributed by atoms with van der Waals surface area (Å²) in [6, 6.07) is 0. The Hall–Kier alpha value is -1.30. The molecule has 0 amide bonds. The molecule has 6 heteroatoms. The van der Waals surface area contributed by atoms with Crippen molar-refractivity contribution in [2.24, 2.45) is 10.9 Å². The number of nitrogens with zero attached hydrogens (tertiary/aromatic N) is 2. The first-order chi connectivity index (χ1) is 11.2. The van der Waals surface area contributed by atoms with Crippen molar-refractivity contribution >= 4 is 11.9 Å². The third-order valence-corrected chi connectivity index (χ3v) is 4.03. The number of methoxy groups -OCH3 is 1. The number of aliphatic imine (C=N–C) groups is 1. The van der Waals surface area contributed by atoms with Gasteiger partial charge in [-0.05, 0) is 26.2 Å². The molecule has 0 bridgehead atoms. The van der Waals surface area contributed by atoms with Crippen molar-refractivity contribution in [3.05, 3.63) is 0 Å². The average Bonchev–Trinajstić information content (AvgIpc) is 3.05. The Balaban J connectivity index is 2.21. The van der Waals surface area contributed by atoms with Gasteiger partial charge in [-0.25, -0.2) is 0 Å². The molecule has 1 saturated heterocycles. The van der Waals surface area contributed by atoms with Crippen LogP contribution in [-0.2, 0) is 14.3 Å². The zero-order chi connectivity index (χ0) is 16.9. The Morgan fingerprint density at radius 2 is 2.13 bits per heavy atom. The van der Waals surface area contributed by atoms with Crippen LogP contribution in [0.15, 0.2) is 4.99 Å². The zero-order valence-electron chi connectivity index (χ0n) is 15.0. The van der Waals surface area contributed by atoms with Crippen molar-refractivity contribution in [3.63, 3.8) is 0 Å². The Bertz CT molecular complexity index is 355. The molecule has 134 valence electrons. The van der Waals surface area contributed by atoms with Gasteiger partial charge in [0.1, 0.15) is 0 Å². The quantitative estimate of drug-likeness (QED) is 0.288. The summed E-state index contributed by atoms with van der Waals surface area (Å²) >= 11 is 0. The number of ether oxygens (including phenoxy) is 2. The fourth-order valence-corrected chi connectivity index (χ4v) is 2.69. The minimum Gasteiger partial charge on any atom is -0.469 e. The van der Waals surface area contributed by atoms with Crippen LogP contribution >= 0.6 is 0 Å². The second kappa shape index (κ2) is 12.2. The number of carbonyl (C=O) groups excluding carboxylic acids is 1. The van der Waals surface area contributed by atoms with E-state index in [9.17, 15) is 4.79 Å². The highest BCUT2D eigenvalue weighted by atomic mass is 16.5. The molecule has 1 N–H and O–H groups in total. The summed E-state index contributed by atoms with van der Waals surface area (Å²) in [7, 11) is 3.53. The molecule has 6 nitrogen and oxygen atoms in total. The second-order valence-corrected chi connectivity index (χ2v) is 6.09. The summed E-state index contributed by atoms with van der Waals surface area (Å²) in [6.45, 7) is 6.54. The van der Waals surface area contributed by atoms with Crippen LogP contribution in [0, 0.1) is 5.92 Å². The van der Waals surface area contributed by atoms with Crippen LogP contribution in [0.4, 0.5) is 0 Å². The van der Waals surface area contributed by atoms with Crippen molar-refractivity contribution in [1.82, 2.24) is 10.2 Å². The maximum absolute atomic E-state index is 11.0. The first-order valence-corrected chi connectivity index (χ1v) is 8.81. The first-order valence-electron chi connectivity index (χ1n) is 8.81. The molecule has 0 aromatic carbocycles. The van der Waals surface area contributed by atoms with Crippen LogP contribution in [0.5, 0.6) is 0 Å². The van der Waals surface area contributed by atoms with Crippen LogP contribution in [0.3, 0.4) is 0 Å². The van der Waals surface area contributed by atoms with Gasteiger partial charge >= 0.3 is 5.97 Å². The lowest BCUT2D eigenvalue weighted by Gasteiger charge is -2.24. The molecule has 1 aliphatic heterocycles. The van der Waals surface area contributed by atoms with Gasteiger partial charge in [-0.15, -0.1) is 0 Å². The molecule has 1 aliphatic rings. The number of guanidine groups is 1. The summed E-state index contributed by atoms with van der Waals surface area (Å²) in [5.74, 6) is 1.48. The number of esters is 1. The molecular formula is C17H33N3O3. The smallest absolute Gasteiger partial charge is 0.305 e. The van der Waals surface area contributed by atoms with E-state index in [1.54, 1.807) is 0 Å². The monoisotopic (exact) mass is 327 g/mol. The Kier molecular flexibility index (Phi) is 10.4. The van der Waals surface area contributed by atoms with Crippen LogP contribution < -0.4 is 5.32 Å². The van der Waals surface area contributed by atoms with Gasteiger partial charge < -0.3 is 19.7 Å². The third-order valence-electron chi connectivity index (χ3n) is 4.03. The van der Waals surface area contributed by atoms with Gasteiger partial charge in [0.2, 0.25) is 0 Å². The number of rotatable bonds is 10. The van der Waals surface area contributed by atoms with E-state index in [4.69, 9.17) is 9.73 Å². The van der Waals surface area contributed by atoms with Gasteiger partial charge in [0, 0.05) is 45.6 Å². The van der Waals surface area contributed by atoms with E-state index in [0.29, 0.717) is 12.3 Å². The van der Waals surface area contributed by atoms with Crippen LogP contribution in [0.2, 0.25) is 0 Å². The standard InChI is InChI=1S/C17H33N3O3/c1-4-18-17(20(2)13-15-10-12-23-14-15)19-11-8-6-5-7-9-16(21)22-3/h15H,4-14H2,1-3H3,(H,18,19). The number of carbonyl (C=O) groups is 1. The summed E-state index contributed by atoms with van der Waals surface area (Å²) in [5, 5.41) is 3.35. The lowest BCUT2D eigenvalue weighted by molar-refractivity contribution is -0.140. The first kappa shape index (κ1) is 19.7. The Morgan fingerprint density at radius 1 is 1.35 bits per heavy atom. The number of nitrogens with one attached hydrogen (secondary N) is 1. The van der Waals surface area contributed by atoms with Crippen molar-refractivity contribution < 1.29 is 14.3 Å². The topological polar surface area (TPSA) is 63.2 Å². The third kappa shape index (κ3) is 8.79. The minimum absolute atomic E-state index is 0.116. The fourth-order valence-electron chi connectivity index (χ4n) is 2.69. The molecule has 1 heterocycles. The van der Waals surface area contributed by atoms with Gasteiger partial charge in [0.15, 0.2) is 5.96 Å². The number of hydrogen-bond acceptors (Lipinski definition) is 4. The van der Waals surface area contributed by atoms with Gasteiger partial charge in [-0.2, -0.15) is 0 Å². The lowest BCUT2D eigenvalue weighted by Crippen LogP contribution is -2.41. The SMILES string of the molecule is CCNC(=NCCCCCCC(=O)OC)N(C)CC1CCOC1. The zero-order valence-corrected chi connectivity index (χ0v) is 15.0. The lowest BCUT2D eigenvalue weighted by atomic mass is 10.1. The van der Waals surface area contributed by atoms with E-state index < -0.39 is 0 Å². The van der Waals surface area contributed by atoms with Crippen molar-refractivity contribution in [2.75, 3.05) is 47.0 Å². The van der Waals surface area contributed by atoms with E-state index in [-0.39, 0.29) is 5.97 Å². The largest absolute Gasteiger partial charge is 0.469 e. The Labute approximate surface area is 140 Å². The number of unbranched alkanes of at least 4 members (excludes halogenated alkanes) is 3. The molecule has 1 rings (SSSR count). The number of hydrogen-bond donors (Lipinski definition) is 1. The molecule has 0 aromatic heterocycles. The van der Waals surface area contributed by atoms with Gasteiger partial charge in [-0.1, -0.05) is 12.8 Å². The van der Waals surface area contributed by atoms with Gasteiger partial charge in [-0.3, -0.25) is 9.79 Å². The van der Waals surface area contributed by atoms with Crippen molar-refractivity contribution in [2.45, 2.75) is 45.4 Å². The van der Waals surface area contributed by atoms with E-state index in [1.165, 1.54) is 7.11 Å². The summed E-state index contributed by atoms with van der Waals surface area (Å²) in [6.07, 6.45) is 5.77. The summed E-state index contributed by atoms with van der Waals surface area (Å²) in [5.41, 5.74) is 0. The van der Waals surface area contributed by atoms with E-state index in [0.717, 1.165) is 70.9 Å². The second-order valence-electron chi connectivity index (χ2n) is 6.09. The highest BCUT2D eigenvalue weighted by molar-refractivity contribution is 5.79. The van der Waals surface area contributed by atoms with E-state index in [1.807, 2.05) is 0 Å². The fraction of sp³-hybridized carbons (Fsp3) is 0.882. The van der Waals surface area contributed by atoms with Crippen LogP contribution in [0.25, 0.3) is 0 Å². The molecule has 1 fully saturated rings. The molecule has 0 spiro atoms. The van der Waals surface area contributed by atoms with Crippen molar-refractivity contribution in [3.8, 4) is 0 Å². The highest BCUT2D eigenvalue weighted by Gasteiger charge is 2.18. The van der Waals surface area contributed by atoms with E-state index in [2.05, 4.69) is 28.9 Å².